The quantitative estimate of drug-likeness (QED) is 0.0629. The number of rotatable bonds is 27. The van der Waals surface area contributed by atoms with Crippen molar-refractivity contribution < 1.29 is 23.4 Å². The number of nitrogens with zero attached hydrogens (tertiary/aromatic N) is 2. The summed E-state index contributed by atoms with van der Waals surface area (Å²) in [6, 6.07) is 19.7. The van der Waals surface area contributed by atoms with Crippen molar-refractivity contribution in [2.24, 2.45) is 0 Å². The van der Waals surface area contributed by atoms with Crippen molar-refractivity contribution in [1.82, 2.24) is 15.2 Å². The highest BCUT2D eigenvalue weighted by Gasteiger charge is 2.38. The fraction of sp³-hybridized carbons (Fsp3) is 0.610. The number of amides is 1. The van der Waals surface area contributed by atoms with Gasteiger partial charge in [-0.05, 0) is 50.9 Å². The molecule has 8 nitrogen and oxygen atoms in total. The van der Waals surface area contributed by atoms with Crippen LogP contribution in [0.4, 0.5) is 0 Å². The fourth-order valence-corrected chi connectivity index (χ4v) is 11.4. The molecule has 0 unspecified atom stereocenters. The van der Waals surface area contributed by atoms with Crippen LogP contribution in [0.2, 0.25) is 0 Å². The predicted molar refractivity (Wildman–Crippen MR) is 207 cm³/mol. The lowest BCUT2D eigenvalue weighted by Crippen LogP contribution is -2.55. The molecular formula is C41H65N3O5P+. The standard InChI is InChI=1S/C41H64N3O5P/c1-7-10-26-50(27-11-8-2,28-12-9-3)33-36-31-47-38(43-36)24-19-25-42-41(45)40(49-30-35-22-17-14-18-23-35)39(37(32-46-6)44(4)5)48-29-34-20-15-13-16-21-34/h13-18,20-23,31,37,39-40H,7-12,19,24-30,32-33H2,1-6H3/p+1/t37-,39-,40-/m0/s1. The molecule has 0 saturated heterocycles. The highest BCUT2D eigenvalue weighted by atomic mass is 31.2. The van der Waals surface area contributed by atoms with Crippen molar-refractivity contribution in [3.63, 3.8) is 0 Å². The first-order valence-electron chi connectivity index (χ1n) is 18.9. The van der Waals surface area contributed by atoms with Gasteiger partial charge in [-0.25, -0.2) is 4.98 Å². The number of carbonyl (C=O) groups is 1. The maximum atomic E-state index is 14.0. The first-order valence-corrected chi connectivity index (χ1v) is 21.4. The molecular weight excluding hydrogens is 645 g/mol. The Morgan fingerprint density at radius 2 is 1.40 bits per heavy atom. The maximum absolute atomic E-state index is 14.0. The van der Waals surface area contributed by atoms with E-state index in [1.165, 1.54) is 57.0 Å². The molecule has 50 heavy (non-hydrogen) atoms. The van der Waals surface area contributed by atoms with Crippen LogP contribution in [-0.4, -0.2) is 86.9 Å². The first-order chi connectivity index (χ1) is 24.3. The Morgan fingerprint density at radius 3 is 1.92 bits per heavy atom. The topological polar surface area (TPSA) is 86.1 Å². The molecule has 9 heteroatoms. The van der Waals surface area contributed by atoms with Gasteiger partial charge in [-0.2, -0.15) is 0 Å². The summed E-state index contributed by atoms with van der Waals surface area (Å²) in [6.07, 6.45) is 14.7. The minimum absolute atomic E-state index is 0.201. The molecule has 0 aliphatic rings. The Labute approximate surface area is 303 Å². The SMILES string of the molecule is CCCC[P+](CCCC)(CCCC)Cc1coc(CCCNC(=O)[C@@H](OCc2ccccc2)[C@@H](OCc2ccccc2)[C@H](COC)N(C)C)n1. The van der Waals surface area contributed by atoms with Crippen LogP contribution < -0.4 is 5.32 Å². The third-order valence-electron chi connectivity index (χ3n) is 9.42. The molecule has 3 aromatic rings. The van der Waals surface area contributed by atoms with Gasteiger partial charge in [0.1, 0.15) is 24.2 Å². The molecule has 0 spiro atoms. The van der Waals surface area contributed by atoms with Crippen LogP contribution >= 0.6 is 7.26 Å². The number of ether oxygens (including phenoxy) is 3. The lowest BCUT2D eigenvalue weighted by molar-refractivity contribution is -0.157. The van der Waals surface area contributed by atoms with Crippen molar-refractivity contribution in [3.8, 4) is 0 Å². The molecule has 1 aromatic heterocycles. The van der Waals surface area contributed by atoms with E-state index in [1.807, 2.05) is 85.9 Å². The minimum atomic E-state index is -1.11. The largest absolute Gasteiger partial charge is 0.449 e. The predicted octanol–water partition coefficient (Wildman–Crippen LogP) is 8.39. The van der Waals surface area contributed by atoms with Crippen LogP contribution in [0.25, 0.3) is 0 Å². The monoisotopic (exact) mass is 710 g/mol. The molecule has 2 aromatic carbocycles. The van der Waals surface area contributed by atoms with Gasteiger partial charge < -0.3 is 28.8 Å². The summed E-state index contributed by atoms with van der Waals surface area (Å²) in [5.41, 5.74) is 3.13. The molecule has 3 rings (SSSR count). The Morgan fingerprint density at radius 1 is 0.840 bits per heavy atom. The van der Waals surface area contributed by atoms with Gasteiger partial charge >= 0.3 is 0 Å². The third kappa shape index (κ3) is 14.6. The molecule has 3 atom stereocenters. The van der Waals surface area contributed by atoms with E-state index in [9.17, 15) is 4.79 Å². The van der Waals surface area contributed by atoms with E-state index in [4.69, 9.17) is 23.6 Å². The summed E-state index contributed by atoms with van der Waals surface area (Å²) in [7, 11) is 4.51. The Hall–Kier alpha value is -2.61. The van der Waals surface area contributed by atoms with Crippen LogP contribution in [0, 0.1) is 0 Å². The maximum Gasteiger partial charge on any atom is 0.251 e. The molecule has 0 bridgehead atoms. The summed E-state index contributed by atoms with van der Waals surface area (Å²) < 4.78 is 24.6. The normalized spacial score (nSPS) is 13.7. The lowest BCUT2D eigenvalue weighted by Gasteiger charge is -2.36. The van der Waals surface area contributed by atoms with Crippen molar-refractivity contribution in [2.75, 3.05) is 52.8 Å². The number of oxazole rings is 1. The Kier molecular flexibility index (Phi) is 19.9. The van der Waals surface area contributed by atoms with E-state index in [0.717, 1.165) is 28.9 Å². The zero-order chi connectivity index (χ0) is 36.0. The number of methoxy groups -OCH3 is 1. The average Bonchev–Trinajstić information content (AvgIpc) is 3.58. The number of likely N-dealkylation sites (N-methyl/N-ethyl adjacent to an activating group) is 1. The molecule has 0 aliphatic heterocycles. The molecule has 1 N–H and O–H groups in total. The molecule has 1 heterocycles. The zero-order valence-electron chi connectivity index (χ0n) is 31.8. The summed E-state index contributed by atoms with van der Waals surface area (Å²) in [6.45, 7) is 8.41. The number of aromatic nitrogens is 1. The van der Waals surface area contributed by atoms with E-state index in [2.05, 4.69) is 26.1 Å². The van der Waals surface area contributed by atoms with E-state index in [-0.39, 0.29) is 18.6 Å². The molecule has 0 saturated carbocycles. The summed E-state index contributed by atoms with van der Waals surface area (Å²) in [5, 5.41) is 3.15. The highest BCUT2D eigenvalue weighted by molar-refractivity contribution is 7.75. The van der Waals surface area contributed by atoms with E-state index >= 15 is 0 Å². The molecule has 0 aliphatic carbocycles. The van der Waals surface area contributed by atoms with Gasteiger partial charge in [-0.1, -0.05) is 101 Å². The molecule has 278 valence electrons. The molecule has 0 fully saturated rings. The Balaban J connectivity index is 1.69. The van der Waals surface area contributed by atoms with Gasteiger partial charge in [0, 0.05) is 27.3 Å². The second kappa shape index (κ2) is 23.8. The third-order valence-corrected chi connectivity index (χ3v) is 14.2. The lowest BCUT2D eigenvalue weighted by atomic mass is 10.0. The number of carbonyl (C=O) groups excluding carboxylic acids is 1. The van der Waals surface area contributed by atoms with Gasteiger partial charge in [0.15, 0.2) is 12.0 Å². The number of hydrogen-bond acceptors (Lipinski definition) is 7. The second-order valence-electron chi connectivity index (χ2n) is 13.8. The van der Waals surface area contributed by atoms with Crippen LogP contribution in [0.3, 0.4) is 0 Å². The molecule has 1 amide bonds. The summed E-state index contributed by atoms with van der Waals surface area (Å²) in [5.74, 6) is 0.551. The average molecular weight is 711 g/mol. The van der Waals surface area contributed by atoms with Gasteiger partial charge in [-0.15, -0.1) is 0 Å². The highest BCUT2D eigenvalue weighted by Crippen LogP contribution is 2.63. The van der Waals surface area contributed by atoms with Crippen LogP contribution in [0.5, 0.6) is 0 Å². The van der Waals surface area contributed by atoms with Crippen molar-refractivity contribution in [3.05, 3.63) is 89.6 Å². The van der Waals surface area contributed by atoms with Crippen LogP contribution in [-0.2, 0) is 44.8 Å². The van der Waals surface area contributed by atoms with Gasteiger partial charge in [0.25, 0.3) is 5.91 Å². The summed E-state index contributed by atoms with van der Waals surface area (Å²) >= 11 is 0. The van der Waals surface area contributed by atoms with Crippen molar-refractivity contribution in [2.45, 2.75) is 110 Å². The van der Waals surface area contributed by atoms with E-state index in [1.54, 1.807) is 7.11 Å². The minimum Gasteiger partial charge on any atom is -0.449 e. The fourth-order valence-electron chi connectivity index (χ4n) is 6.44. The summed E-state index contributed by atoms with van der Waals surface area (Å²) in [4.78, 5) is 21.0. The number of benzene rings is 2. The number of unbranched alkanes of at least 4 members (excludes halogenated alkanes) is 3. The van der Waals surface area contributed by atoms with E-state index in [0.29, 0.717) is 32.6 Å². The van der Waals surface area contributed by atoms with Crippen molar-refractivity contribution in [1.29, 1.82) is 0 Å². The first kappa shape index (κ1) is 41.8. The Bertz CT molecular complexity index is 1280. The second-order valence-corrected chi connectivity index (χ2v) is 18.2. The zero-order valence-corrected chi connectivity index (χ0v) is 32.7. The number of aryl methyl sites for hydroxylation is 1. The van der Waals surface area contributed by atoms with E-state index < -0.39 is 19.5 Å². The van der Waals surface area contributed by atoms with Crippen LogP contribution in [0.15, 0.2) is 71.3 Å². The van der Waals surface area contributed by atoms with Crippen molar-refractivity contribution >= 4 is 13.2 Å². The van der Waals surface area contributed by atoms with Gasteiger partial charge in [0.2, 0.25) is 0 Å². The number of nitrogens with one attached hydrogen (secondary N) is 1. The molecule has 0 radical (unpaired) electrons. The smallest absolute Gasteiger partial charge is 0.251 e. The van der Waals surface area contributed by atoms with Crippen LogP contribution in [0.1, 0.15) is 88.4 Å². The van der Waals surface area contributed by atoms with Gasteiger partial charge in [-0.3, -0.25) is 4.79 Å². The van der Waals surface area contributed by atoms with Gasteiger partial charge in [0.05, 0.1) is 44.3 Å². The number of hydrogen-bond donors (Lipinski definition) is 1.